The molecule has 17 heavy (non-hydrogen) atoms. The molecule has 1 N–H and O–H groups in total. The van der Waals surface area contributed by atoms with E-state index in [1.807, 2.05) is 11.9 Å². The van der Waals surface area contributed by atoms with E-state index in [2.05, 4.69) is 17.4 Å². The van der Waals surface area contributed by atoms with Gasteiger partial charge in [-0.25, -0.2) is 0 Å². The molecule has 0 aromatic heterocycles. The molecule has 2 heterocycles. The molecule has 1 fully saturated rings. The van der Waals surface area contributed by atoms with Gasteiger partial charge in [0.1, 0.15) is 0 Å². The first kappa shape index (κ1) is 9.66. The van der Waals surface area contributed by atoms with Crippen LogP contribution >= 0.6 is 0 Å². The largest absolute Gasteiger partial charge is 0.337 e. The zero-order valence-corrected chi connectivity index (χ0v) is 9.99. The normalized spacial score (nSPS) is 29.5. The maximum atomic E-state index is 12.0. The van der Waals surface area contributed by atoms with Gasteiger partial charge in [0, 0.05) is 32.2 Å². The van der Waals surface area contributed by atoms with E-state index in [1.54, 1.807) is 0 Å². The van der Waals surface area contributed by atoms with Crippen molar-refractivity contribution >= 4 is 5.91 Å². The van der Waals surface area contributed by atoms with Gasteiger partial charge in [0.2, 0.25) is 0 Å². The minimum Gasteiger partial charge on any atom is -0.337 e. The Morgan fingerprint density at radius 3 is 2.71 bits per heavy atom. The SMILES string of the molecule is CN1Cc2cc3c(cc2C1=O)C1CNCC3C1. The van der Waals surface area contributed by atoms with Gasteiger partial charge in [0.15, 0.2) is 0 Å². The van der Waals surface area contributed by atoms with E-state index >= 15 is 0 Å². The number of fused-ring (bicyclic) bond motifs is 6. The molecular formula is C14H16N2O. The quantitative estimate of drug-likeness (QED) is 0.729. The minimum atomic E-state index is 0.192. The summed E-state index contributed by atoms with van der Waals surface area (Å²) in [6, 6.07) is 4.47. The average Bonchev–Trinajstić information content (AvgIpc) is 2.75. The third kappa shape index (κ3) is 1.18. The van der Waals surface area contributed by atoms with E-state index in [1.165, 1.54) is 23.1 Å². The van der Waals surface area contributed by atoms with Crippen molar-refractivity contribution < 1.29 is 4.79 Å². The van der Waals surface area contributed by atoms with Crippen LogP contribution in [-0.4, -0.2) is 30.9 Å². The van der Waals surface area contributed by atoms with E-state index in [0.717, 1.165) is 25.2 Å². The summed E-state index contributed by atoms with van der Waals surface area (Å²) in [5.74, 6) is 1.50. The molecule has 0 spiro atoms. The number of amides is 1. The van der Waals surface area contributed by atoms with Crippen molar-refractivity contribution in [3.8, 4) is 0 Å². The molecule has 3 heteroatoms. The van der Waals surface area contributed by atoms with E-state index in [4.69, 9.17) is 0 Å². The Morgan fingerprint density at radius 2 is 1.94 bits per heavy atom. The highest BCUT2D eigenvalue weighted by Gasteiger charge is 2.37. The molecule has 2 aliphatic heterocycles. The van der Waals surface area contributed by atoms with Gasteiger partial charge in [-0.15, -0.1) is 0 Å². The van der Waals surface area contributed by atoms with Crippen molar-refractivity contribution in [1.29, 1.82) is 0 Å². The molecule has 1 aliphatic carbocycles. The third-order valence-electron chi connectivity index (χ3n) is 4.52. The topological polar surface area (TPSA) is 32.3 Å². The molecule has 3 nitrogen and oxygen atoms in total. The van der Waals surface area contributed by atoms with Crippen LogP contribution in [0.1, 0.15) is 45.3 Å². The summed E-state index contributed by atoms with van der Waals surface area (Å²) < 4.78 is 0. The Balaban J connectivity index is 1.89. The first-order valence-corrected chi connectivity index (χ1v) is 6.37. The number of hydrogen-bond acceptors (Lipinski definition) is 2. The summed E-state index contributed by atoms with van der Waals surface area (Å²) in [6.07, 6.45) is 1.27. The monoisotopic (exact) mass is 228 g/mol. The molecular weight excluding hydrogens is 212 g/mol. The molecule has 1 amide bonds. The van der Waals surface area contributed by atoms with Crippen LogP contribution in [0.4, 0.5) is 0 Å². The van der Waals surface area contributed by atoms with Crippen molar-refractivity contribution in [3.63, 3.8) is 0 Å². The number of carbonyl (C=O) groups is 1. The minimum absolute atomic E-state index is 0.192. The third-order valence-corrected chi connectivity index (χ3v) is 4.52. The summed E-state index contributed by atoms with van der Waals surface area (Å²) in [6.45, 7) is 2.96. The summed E-state index contributed by atoms with van der Waals surface area (Å²) in [5, 5.41) is 3.49. The molecule has 4 rings (SSSR count). The zero-order valence-electron chi connectivity index (χ0n) is 9.99. The van der Waals surface area contributed by atoms with Crippen molar-refractivity contribution in [2.75, 3.05) is 20.1 Å². The molecule has 0 saturated carbocycles. The number of piperidine rings is 1. The highest BCUT2D eigenvalue weighted by atomic mass is 16.2. The van der Waals surface area contributed by atoms with E-state index < -0.39 is 0 Å². The Morgan fingerprint density at radius 1 is 1.24 bits per heavy atom. The molecule has 3 aliphatic rings. The molecule has 2 unspecified atom stereocenters. The second-order valence-electron chi connectivity index (χ2n) is 5.59. The van der Waals surface area contributed by atoms with Crippen LogP contribution in [0, 0.1) is 0 Å². The van der Waals surface area contributed by atoms with Gasteiger partial charge in [-0.1, -0.05) is 6.07 Å². The Labute approximate surface area is 101 Å². The Bertz CT molecular complexity index is 523. The van der Waals surface area contributed by atoms with E-state index in [9.17, 15) is 4.79 Å². The maximum absolute atomic E-state index is 12.0. The van der Waals surface area contributed by atoms with Crippen molar-refractivity contribution in [1.82, 2.24) is 10.2 Å². The molecule has 88 valence electrons. The fourth-order valence-corrected chi connectivity index (χ4v) is 3.67. The number of benzene rings is 1. The molecule has 2 bridgehead atoms. The van der Waals surface area contributed by atoms with Crippen LogP contribution in [-0.2, 0) is 6.54 Å². The van der Waals surface area contributed by atoms with Gasteiger partial charge in [-0.3, -0.25) is 4.79 Å². The molecule has 1 aromatic rings. The smallest absolute Gasteiger partial charge is 0.254 e. The zero-order chi connectivity index (χ0) is 11.6. The van der Waals surface area contributed by atoms with Crippen LogP contribution in [0.3, 0.4) is 0 Å². The lowest BCUT2D eigenvalue weighted by molar-refractivity contribution is 0.0816. The van der Waals surface area contributed by atoms with Gasteiger partial charge < -0.3 is 10.2 Å². The molecule has 2 atom stereocenters. The predicted molar refractivity (Wildman–Crippen MR) is 65.2 cm³/mol. The second kappa shape index (κ2) is 3.10. The number of carbonyl (C=O) groups excluding carboxylic acids is 1. The highest BCUT2D eigenvalue weighted by Crippen LogP contribution is 2.45. The Hall–Kier alpha value is -1.35. The predicted octanol–water partition coefficient (Wildman–Crippen LogP) is 1.45. The standard InChI is InChI=1S/C14H16N2O/c1-16-7-10-3-11-8-2-9(6-15-5-8)12(11)4-13(10)14(16)17/h3-4,8-9,15H,2,5-7H2,1H3. The summed E-state index contributed by atoms with van der Waals surface area (Å²) in [7, 11) is 1.88. The fraction of sp³-hybridized carbons (Fsp3) is 0.500. The van der Waals surface area contributed by atoms with Crippen molar-refractivity contribution in [2.45, 2.75) is 24.8 Å². The van der Waals surface area contributed by atoms with Crippen LogP contribution in [0.2, 0.25) is 0 Å². The number of rotatable bonds is 0. The molecule has 1 aromatic carbocycles. The second-order valence-corrected chi connectivity index (χ2v) is 5.59. The van der Waals surface area contributed by atoms with Crippen LogP contribution in [0.15, 0.2) is 12.1 Å². The first-order valence-electron chi connectivity index (χ1n) is 6.37. The molecule has 0 radical (unpaired) electrons. The van der Waals surface area contributed by atoms with Crippen LogP contribution in [0.5, 0.6) is 0 Å². The summed E-state index contributed by atoms with van der Waals surface area (Å²) in [5.41, 5.74) is 5.10. The van der Waals surface area contributed by atoms with Crippen LogP contribution < -0.4 is 5.32 Å². The lowest BCUT2D eigenvalue weighted by atomic mass is 9.97. The van der Waals surface area contributed by atoms with Gasteiger partial charge in [0.25, 0.3) is 5.91 Å². The van der Waals surface area contributed by atoms with Gasteiger partial charge >= 0.3 is 0 Å². The lowest BCUT2D eigenvalue weighted by Gasteiger charge is -2.19. The van der Waals surface area contributed by atoms with Crippen molar-refractivity contribution in [2.24, 2.45) is 0 Å². The average molecular weight is 228 g/mol. The first-order chi connectivity index (χ1) is 8.24. The van der Waals surface area contributed by atoms with Crippen molar-refractivity contribution in [3.05, 3.63) is 34.4 Å². The number of hydrogen-bond donors (Lipinski definition) is 1. The molecule has 1 saturated heterocycles. The number of nitrogens with one attached hydrogen (secondary N) is 1. The summed E-state index contributed by atoms with van der Waals surface area (Å²) >= 11 is 0. The fourth-order valence-electron chi connectivity index (χ4n) is 3.67. The lowest BCUT2D eigenvalue weighted by Crippen LogP contribution is -2.28. The highest BCUT2D eigenvalue weighted by molar-refractivity contribution is 5.98. The van der Waals surface area contributed by atoms with E-state index in [-0.39, 0.29) is 5.91 Å². The maximum Gasteiger partial charge on any atom is 0.254 e. The van der Waals surface area contributed by atoms with Gasteiger partial charge in [-0.2, -0.15) is 0 Å². The van der Waals surface area contributed by atoms with Crippen LogP contribution in [0.25, 0.3) is 0 Å². The van der Waals surface area contributed by atoms with Gasteiger partial charge in [0.05, 0.1) is 0 Å². The number of nitrogens with zero attached hydrogens (tertiary/aromatic N) is 1. The summed E-state index contributed by atoms with van der Waals surface area (Å²) in [4.78, 5) is 13.8. The van der Waals surface area contributed by atoms with E-state index in [0.29, 0.717) is 11.8 Å². The van der Waals surface area contributed by atoms with Gasteiger partial charge in [-0.05, 0) is 41.0 Å². The Kier molecular flexibility index (Phi) is 1.76.